The standard InChI is InChI=1S/C20H26N2O4/c1-2-18(24)21-10-6-7-16(13-21)19(25)22-11-12-26-15-20(22,14-23)17-8-4-3-5-9-17/h2-5,8-9,16,23H,1,6-7,10-15H2. The molecule has 26 heavy (non-hydrogen) atoms. The average molecular weight is 358 g/mol. The van der Waals surface area contributed by atoms with Crippen LogP contribution in [-0.4, -0.2) is 66.2 Å². The van der Waals surface area contributed by atoms with Crippen LogP contribution in [0.1, 0.15) is 18.4 Å². The summed E-state index contributed by atoms with van der Waals surface area (Å²) in [5, 5.41) is 10.2. The lowest BCUT2D eigenvalue weighted by Crippen LogP contribution is -2.61. The monoisotopic (exact) mass is 358 g/mol. The Morgan fingerprint density at radius 1 is 1.31 bits per heavy atom. The number of carbonyl (C=O) groups excluding carboxylic acids is 2. The number of morpholine rings is 1. The lowest BCUT2D eigenvalue weighted by atomic mass is 9.86. The molecule has 6 heteroatoms. The van der Waals surface area contributed by atoms with Crippen LogP contribution in [0.25, 0.3) is 0 Å². The van der Waals surface area contributed by atoms with Crippen LogP contribution in [0.3, 0.4) is 0 Å². The Balaban J connectivity index is 1.86. The number of hydrogen-bond donors (Lipinski definition) is 1. The molecule has 2 heterocycles. The van der Waals surface area contributed by atoms with Gasteiger partial charge < -0.3 is 19.6 Å². The van der Waals surface area contributed by atoms with Gasteiger partial charge in [0.25, 0.3) is 0 Å². The van der Waals surface area contributed by atoms with Crippen molar-refractivity contribution in [1.29, 1.82) is 0 Å². The minimum absolute atomic E-state index is 0.0206. The highest BCUT2D eigenvalue weighted by Gasteiger charge is 2.45. The van der Waals surface area contributed by atoms with Gasteiger partial charge in [-0.3, -0.25) is 9.59 Å². The summed E-state index contributed by atoms with van der Waals surface area (Å²) in [6, 6.07) is 9.54. The molecule has 0 aliphatic carbocycles. The zero-order chi connectivity index (χ0) is 18.6. The van der Waals surface area contributed by atoms with Gasteiger partial charge in [0.05, 0.1) is 25.7 Å². The van der Waals surface area contributed by atoms with Gasteiger partial charge >= 0.3 is 0 Å². The molecule has 0 bridgehead atoms. The van der Waals surface area contributed by atoms with Crippen molar-refractivity contribution in [2.75, 3.05) is 39.5 Å². The first-order valence-electron chi connectivity index (χ1n) is 9.09. The number of nitrogens with zero attached hydrogens (tertiary/aromatic N) is 2. The van der Waals surface area contributed by atoms with Crippen LogP contribution < -0.4 is 0 Å². The van der Waals surface area contributed by atoms with Gasteiger partial charge in [-0.1, -0.05) is 36.9 Å². The second-order valence-electron chi connectivity index (χ2n) is 6.93. The lowest BCUT2D eigenvalue weighted by Gasteiger charge is -2.48. The summed E-state index contributed by atoms with van der Waals surface area (Å²) in [6.07, 6.45) is 2.83. The number of carbonyl (C=O) groups is 2. The quantitative estimate of drug-likeness (QED) is 0.820. The van der Waals surface area contributed by atoms with Crippen LogP contribution >= 0.6 is 0 Å². The first-order valence-corrected chi connectivity index (χ1v) is 9.09. The summed E-state index contributed by atoms with van der Waals surface area (Å²) in [4.78, 5) is 28.7. The third kappa shape index (κ3) is 3.39. The van der Waals surface area contributed by atoms with Crippen molar-refractivity contribution in [1.82, 2.24) is 9.80 Å². The Kier molecular flexibility index (Phi) is 5.74. The number of hydrogen-bond acceptors (Lipinski definition) is 4. The maximum atomic E-state index is 13.4. The van der Waals surface area contributed by atoms with Gasteiger partial charge in [0.1, 0.15) is 5.54 Å². The zero-order valence-electron chi connectivity index (χ0n) is 15.0. The number of ether oxygens (including phenoxy) is 1. The van der Waals surface area contributed by atoms with E-state index in [0.717, 1.165) is 18.4 Å². The fourth-order valence-corrected chi connectivity index (χ4v) is 3.95. The Bertz CT molecular complexity index is 663. The van der Waals surface area contributed by atoms with E-state index in [-0.39, 0.29) is 30.9 Å². The largest absolute Gasteiger partial charge is 0.393 e. The maximum Gasteiger partial charge on any atom is 0.245 e. The first-order chi connectivity index (χ1) is 12.6. The highest BCUT2D eigenvalue weighted by atomic mass is 16.5. The van der Waals surface area contributed by atoms with Gasteiger partial charge in [-0.05, 0) is 24.5 Å². The van der Waals surface area contributed by atoms with E-state index in [1.807, 2.05) is 30.3 Å². The summed E-state index contributed by atoms with van der Waals surface area (Å²) in [5.41, 5.74) is -0.00760. The molecule has 1 aromatic rings. The van der Waals surface area contributed by atoms with E-state index in [0.29, 0.717) is 26.2 Å². The van der Waals surface area contributed by atoms with Gasteiger partial charge in [-0.25, -0.2) is 0 Å². The van der Waals surface area contributed by atoms with E-state index in [4.69, 9.17) is 4.74 Å². The average Bonchev–Trinajstić information content (AvgIpc) is 2.73. The molecule has 1 N–H and O–H groups in total. The molecule has 2 aliphatic heterocycles. The third-order valence-electron chi connectivity index (χ3n) is 5.41. The van der Waals surface area contributed by atoms with E-state index in [2.05, 4.69) is 6.58 Å². The van der Waals surface area contributed by atoms with Crippen LogP contribution in [0, 0.1) is 5.92 Å². The molecule has 2 aliphatic rings. The van der Waals surface area contributed by atoms with E-state index in [1.165, 1.54) is 6.08 Å². The second kappa shape index (κ2) is 8.01. The van der Waals surface area contributed by atoms with E-state index >= 15 is 0 Å². The van der Waals surface area contributed by atoms with Crippen LogP contribution in [0.4, 0.5) is 0 Å². The maximum absolute atomic E-state index is 13.4. The molecule has 2 unspecified atom stereocenters. The summed E-state index contributed by atoms with van der Waals surface area (Å²) >= 11 is 0. The molecule has 0 aromatic heterocycles. The Labute approximate surface area is 154 Å². The molecular formula is C20H26N2O4. The van der Waals surface area contributed by atoms with Crippen molar-refractivity contribution >= 4 is 11.8 Å². The molecule has 0 spiro atoms. The van der Waals surface area contributed by atoms with Gasteiger partial charge in [-0.15, -0.1) is 0 Å². The summed E-state index contributed by atoms with van der Waals surface area (Å²) in [5.74, 6) is -0.422. The van der Waals surface area contributed by atoms with E-state index in [9.17, 15) is 14.7 Å². The number of benzene rings is 1. The van der Waals surface area contributed by atoms with E-state index < -0.39 is 5.54 Å². The SMILES string of the molecule is C=CC(=O)N1CCCC(C(=O)N2CCOCC2(CO)c2ccccc2)C1. The van der Waals surface area contributed by atoms with Gasteiger partial charge in [0, 0.05) is 19.6 Å². The van der Waals surface area contributed by atoms with Gasteiger partial charge in [0.15, 0.2) is 0 Å². The van der Waals surface area contributed by atoms with Crippen molar-refractivity contribution in [3.63, 3.8) is 0 Å². The smallest absolute Gasteiger partial charge is 0.245 e. The zero-order valence-corrected chi connectivity index (χ0v) is 15.0. The van der Waals surface area contributed by atoms with Gasteiger partial charge in [0.2, 0.25) is 11.8 Å². The summed E-state index contributed by atoms with van der Waals surface area (Å²) in [6.45, 7) is 5.53. The molecule has 2 amide bonds. The number of aliphatic hydroxyl groups is 1. The fourth-order valence-electron chi connectivity index (χ4n) is 3.95. The number of rotatable bonds is 4. The van der Waals surface area contributed by atoms with Crippen molar-refractivity contribution in [2.24, 2.45) is 5.92 Å². The molecule has 2 fully saturated rings. The predicted molar refractivity (Wildman–Crippen MR) is 97.2 cm³/mol. The lowest BCUT2D eigenvalue weighted by molar-refractivity contribution is -0.162. The minimum Gasteiger partial charge on any atom is -0.393 e. The molecule has 6 nitrogen and oxygen atoms in total. The van der Waals surface area contributed by atoms with Crippen LogP contribution in [-0.2, 0) is 19.9 Å². The number of amides is 2. The highest BCUT2D eigenvalue weighted by Crippen LogP contribution is 2.34. The normalized spacial score (nSPS) is 26.4. The van der Waals surface area contributed by atoms with Crippen LogP contribution in [0.5, 0.6) is 0 Å². The minimum atomic E-state index is -0.874. The molecule has 2 saturated heterocycles. The third-order valence-corrected chi connectivity index (χ3v) is 5.41. The fraction of sp³-hybridized carbons (Fsp3) is 0.500. The number of likely N-dealkylation sites (tertiary alicyclic amines) is 1. The first kappa shape index (κ1) is 18.6. The second-order valence-corrected chi connectivity index (χ2v) is 6.93. The Hall–Kier alpha value is -2.18. The molecule has 2 atom stereocenters. The molecule has 3 rings (SSSR count). The molecule has 0 saturated carbocycles. The summed E-state index contributed by atoms with van der Waals surface area (Å²) in [7, 11) is 0. The molecule has 0 radical (unpaired) electrons. The molecular weight excluding hydrogens is 332 g/mol. The number of aliphatic hydroxyl groups excluding tert-OH is 1. The summed E-state index contributed by atoms with van der Waals surface area (Å²) < 4.78 is 5.64. The van der Waals surface area contributed by atoms with Gasteiger partial charge in [-0.2, -0.15) is 0 Å². The Morgan fingerprint density at radius 3 is 2.77 bits per heavy atom. The van der Waals surface area contributed by atoms with Crippen molar-refractivity contribution < 1.29 is 19.4 Å². The predicted octanol–water partition coefficient (Wildman–Crippen LogP) is 1.16. The molecule has 140 valence electrons. The van der Waals surface area contributed by atoms with Crippen LogP contribution in [0.15, 0.2) is 43.0 Å². The van der Waals surface area contributed by atoms with Crippen LogP contribution in [0.2, 0.25) is 0 Å². The number of piperidine rings is 1. The van der Waals surface area contributed by atoms with E-state index in [1.54, 1.807) is 9.80 Å². The van der Waals surface area contributed by atoms with Crippen molar-refractivity contribution in [2.45, 2.75) is 18.4 Å². The molecule has 1 aromatic carbocycles. The van der Waals surface area contributed by atoms with Crippen molar-refractivity contribution in [3.8, 4) is 0 Å². The Morgan fingerprint density at radius 2 is 2.08 bits per heavy atom. The topological polar surface area (TPSA) is 70.1 Å². The van der Waals surface area contributed by atoms with Crippen molar-refractivity contribution in [3.05, 3.63) is 48.6 Å². The highest BCUT2D eigenvalue weighted by molar-refractivity contribution is 5.88.